The average molecular weight is 250 g/mol. The molecule has 0 radical (unpaired) electrons. The second kappa shape index (κ2) is 5.67. The summed E-state index contributed by atoms with van der Waals surface area (Å²) in [6.45, 7) is 5.38. The van der Waals surface area contributed by atoms with Crippen LogP contribution in [0.25, 0.3) is 0 Å². The molecule has 18 heavy (non-hydrogen) atoms. The molecule has 4 heteroatoms. The Morgan fingerprint density at radius 1 is 1.11 bits per heavy atom. The van der Waals surface area contributed by atoms with Gasteiger partial charge in [-0.25, -0.2) is 0 Å². The van der Waals surface area contributed by atoms with Crippen molar-refractivity contribution in [3.8, 4) is 5.75 Å². The number of Topliss-reactive ketones (excluding diaryl/α,β-unsaturated/α-hetero) is 1. The third-order valence-electron chi connectivity index (χ3n) is 3.03. The molecule has 0 aromatic heterocycles. The van der Waals surface area contributed by atoms with E-state index in [1.165, 1.54) is 21.1 Å². The van der Waals surface area contributed by atoms with E-state index >= 15 is 0 Å². The number of ketones is 1. The van der Waals surface area contributed by atoms with Gasteiger partial charge in [-0.15, -0.1) is 0 Å². The fourth-order valence-electron chi connectivity index (χ4n) is 1.67. The van der Waals surface area contributed by atoms with Crippen LogP contribution in [0.2, 0.25) is 0 Å². The van der Waals surface area contributed by atoms with Gasteiger partial charge in [0.25, 0.3) is 0 Å². The monoisotopic (exact) mass is 250 g/mol. The number of hydrogen-bond acceptors (Lipinski definition) is 4. The number of benzene rings is 1. The summed E-state index contributed by atoms with van der Waals surface area (Å²) in [6.07, 6.45) is 0. The van der Waals surface area contributed by atoms with Gasteiger partial charge in [0.15, 0.2) is 5.78 Å². The lowest BCUT2D eigenvalue weighted by atomic mass is 9.95. The number of ether oxygens (including phenoxy) is 2. The minimum Gasteiger partial charge on any atom is -0.496 e. The van der Waals surface area contributed by atoms with Crippen LogP contribution in [-0.2, 0) is 9.53 Å². The summed E-state index contributed by atoms with van der Waals surface area (Å²) in [5.74, 6) is -1.17. The number of aryl methyl sites for hydroxylation is 2. The number of rotatable bonds is 4. The molecule has 1 unspecified atom stereocenters. The highest BCUT2D eigenvalue weighted by atomic mass is 16.5. The van der Waals surface area contributed by atoms with Crippen LogP contribution in [0.15, 0.2) is 12.1 Å². The van der Waals surface area contributed by atoms with Gasteiger partial charge < -0.3 is 9.47 Å². The summed E-state index contributed by atoms with van der Waals surface area (Å²) in [5.41, 5.74) is 2.43. The maximum absolute atomic E-state index is 12.2. The topological polar surface area (TPSA) is 52.6 Å². The van der Waals surface area contributed by atoms with Crippen LogP contribution in [0.5, 0.6) is 5.75 Å². The van der Waals surface area contributed by atoms with E-state index in [1.807, 2.05) is 13.8 Å². The molecule has 0 fully saturated rings. The molecule has 1 aromatic carbocycles. The zero-order valence-corrected chi connectivity index (χ0v) is 11.4. The first-order valence-electron chi connectivity index (χ1n) is 5.69. The Hall–Kier alpha value is -1.84. The van der Waals surface area contributed by atoms with E-state index in [0.29, 0.717) is 11.3 Å². The van der Waals surface area contributed by atoms with Crippen molar-refractivity contribution in [2.45, 2.75) is 20.8 Å². The van der Waals surface area contributed by atoms with Crippen LogP contribution in [0, 0.1) is 19.8 Å². The standard InChI is InChI=1S/C14H18O4/c1-8-6-11(12(17-4)7-9(8)2)13(15)10(3)14(16)18-5/h6-7,10H,1-5H3. The lowest BCUT2D eigenvalue weighted by Crippen LogP contribution is -2.23. The van der Waals surface area contributed by atoms with Crippen LogP contribution < -0.4 is 4.74 Å². The van der Waals surface area contributed by atoms with Crippen molar-refractivity contribution in [2.75, 3.05) is 14.2 Å². The highest BCUT2D eigenvalue weighted by Gasteiger charge is 2.26. The molecule has 1 aromatic rings. The van der Waals surface area contributed by atoms with Crippen molar-refractivity contribution < 1.29 is 19.1 Å². The van der Waals surface area contributed by atoms with Crippen molar-refractivity contribution in [3.05, 3.63) is 28.8 Å². The summed E-state index contributed by atoms with van der Waals surface area (Å²) in [7, 11) is 2.77. The molecule has 0 aliphatic heterocycles. The molecular weight excluding hydrogens is 232 g/mol. The quantitative estimate of drug-likeness (QED) is 0.467. The van der Waals surface area contributed by atoms with Gasteiger partial charge in [-0.1, -0.05) is 0 Å². The third-order valence-corrected chi connectivity index (χ3v) is 3.03. The molecule has 98 valence electrons. The molecule has 0 saturated carbocycles. The maximum atomic E-state index is 12.2. The summed E-state index contributed by atoms with van der Waals surface area (Å²) >= 11 is 0. The minimum atomic E-state index is -0.828. The van der Waals surface area contributed by atoms with E-state index in [1.54, 1.807) is 12.1 Å². The first-order valence-corrected chi connectivity index (χ1v) is 5.69. The smallest absolute Gasteiger partial charge is 0.316 e. The number of esters is 1. The van der Waals surface area contributed by atoms with Crippen LogP contribution in [-0.4, -0.2) is 26.0 Å². The Labute approximate surface area is 107 Å². The molecule has 0 heterocycles. The van der Waals surface area contributed by atoms with Gasteiger partial charge >= 0.3 is 5.97 Å². The first kappa shape index (κ1) is 14.2. The average Bonchev–Trinajstić information content (AvgIpc) is 2.38. The fourth-order valence-corrected chi connectivity index (χ4v) is 1.67. The Balaban J connectivity index is 3.20. The van der Waals surface area contributed by atoms with Crippen LogP contribution >= 0.6 is 0 Å². The van der Waals surface area contributed by atoms with Crippen molar-refractivity contribution in [2.24, 2.45) is 5.92 Å². The largest absolute Gasteiger partial charge is 0.496 e. The molecular formula is C14H18O4. The molecule has 0 N–H and O–H groups in total. The summed E-state index contributed by atoms with van der Waals surface area (Å²) in [4.78, 5) is 23.6. The highest BCUT2D eigenvalue weighted by molar-refractivity contribution is 6.09. The Morgan fingerprint density at radius 3 is 2.17 bits per heavy atom. The maximum Gasteiger partial charge on any atom is 0.316 e. The van der Waals surface area contributed by atoms with Crippen molar-refractivity contribution in [3.63, 3.8) is 0 Å². The highest BCUT2D eigenvalue weighted by Crippen LogP contribution is 2.25. The second-order valence-corrected chi connectivity index (χ2v) is 4.25. The fraction of sp³-hybridized carbons (Fsp3) is 0.429. The number of hydrogen-bond donors (Lipinski definition) is 0. The molecule has 0 bridgehead atoms. The molecule has 0 aliphatic carbocycles. The third kappa shape index (κ3) is 2.70. The molecule has 0 amide bonds. The van der Waals surface area contributed by atoms with E-state index in [2.05, 4.69) is 4.74 Å². The molecule has 0 aliphatic rings. The van der Waals surface area contributed by atoms with E-state index in [-0.39, 0.29) is 5.78 Å². The van der Waals surface area contributed by atoms with E-state index in [4.69, 9.17) is 4.74 Å². The number of methoxy groups -OCH3 is 2. The molecule has 4 nitrogen and oxygen atoms in total. The predicted molar refractivity (Wildman–Crippen MR) is 68.0 cm³/mol. The number of carbonyl (C=O) groups is 2. The molecule has 0 saturated heterocycles. The van der Waals surface area contributed by atoms with Gasteiger partial charge in [-0.2, -0.15) is 0 Å². The van der Waals surface area contributed by atoms with Gasteiger partial charge in [-0.3, -0.25) is 9.59 Å². The second-order valence-electron chi connectivity index (χ2n) is 4.25. The SMILES string of the molecule is COC(=O)C(C)C(=O)c1cc(C)c(C)cc1OC. The first-order chi connectivity index (χ1) is 8.42. The zero-order chi connectivity index (χ0) is 13.9. The number of carbonyl (C=O) groups excluding carboxylic acids is 2. The van der Waals surface area contributed by atoms with E-state index in [9.17, 15) is 9.59 Å². The van der Waals surface area contributed by atoms with Gasteiger partial charge in [0.1, 0.15) is 11.7 Å². The molecule has 1 rings (SSSR count). The summed E-state index contributed by atoms with van der Waals surface area (Å²) in [6, 6.07) is 3.54. The van der Waals surface area contributed by atoms with Gasteiger partial charge in [-0.05, 0) is 44.0 Å². The lowest BCUT2D eigenvalue weighted by molar-refractivity contribution is -0.143. The Kier molecular flexibility index (Phi) is 4.48. The van der Waals surface area contributed by atoms with Gasteiger partial charge in [0.05, 0.1) is 19.8 Å². The van der Waals surface area contributed by atoms with Crippen molar-refractivity contribution >= 4 is 11.8 Å². The zero-order valence-electron chi connectivity index (χ0n) is 11.4. The Morgan fingerprint density at radius 2 is 1.67 bits per heavy atom. The van der Waals surface area contributed by atoms with Gasteiger partial charge in [0, 0.05) is 0 Å². The summed E-state index contributed by atoms with van der Waals surface area (Å²) < 4.78 is 9.77. The predicted octanol–water partition coefficient (Wildman–Crippen LogP) is 2.30. The lowest BCUT2D eigenvalue weighted by Gasteiger charge is -2.13. The van der Waals surface area contributed by atoms with Gasteiger partial charge in [0.2, 0.25) is 0 Å². The summed E-state index contributed by atoms with van der Waals surface area (Å²) in [5, 5.41) is 0. The molecule has 1 atom stereocenters. The van der Waals surface area contributed by atoms with Crippen LogP contribution in [0.3, 0.4) is 0 Å². The minimum absolute atomic E-state index is 0.290. The van der Waals surface area contributed by atoms with E-state index in [0.717, 1.165) is 11.1 Å². The normalized spacial score (nSPS) is 11.8. The Bertz CT molecular complexity index is 477. The molecule has 0 spiro atoms. The van der Waals surface area contributed by atoms with Crippen LogP contribution in [0.1, 0.15) is 28.4 Å². The van der Waals surface area contributed by atoms with Crippen LogP contribution in [0.4, 0.5) is 0 Å². The van der Waals surface area contributed by atoms with Crippen molar-refractivity contribution in [1.29, 1.82) is 0 Å². The van der Waals surface area contributed by atoms with Crippen molar-refractivity contribution in [1.82, 2.24) is 0 Å². The van der Waals surface area contributed by atoms with E-state index < -0.39 is 11.9 Å².